The minimum atomic E-state index is -0.122. The zero-order valence-electron chi connectivity index (χ0n) is 21.5. The van der Waals surface area contributed by atoms with Crippen molar-refractivity contribution in [1.29, 1.82) is 0 Å². The molecule has 198 valence electrons. The second-order valence-corrected chi connectivity index (χ2v) is 10.0. The highest BCUT2D eigenvalue weighted by Gasteiger charge is 2.12. The van der Waals surface area contributed by atoms with Gasteiger partial charge in [-0.25, -0.2) is 0 Å². The predicted molar refractivity (Wildman–Crippen MR) is 148 cm³/mol. The summed E-state index contributed by atoms with van der Waals surface area (Å²) in [5.41, 5.74) is 10.1. The molecule has 4 rings (SSSR count). The molecule has 0 fully saturated rings. The number of benzene rings is 2. The maximum Gasteiger partial charge on any atom is 0.230 e. The Morgan fingerprint density at radius 1 is 0.895 bits per heavy atom. The lowest BCUT2D eigenvalue weighted by molar-refractivity contribution is -0.120. The fourth-order valence-electron chi connectivity index (χ4n) is 4.01. The maximum atomic E-state index is 12.4. The molecule has 0 saturated heterocycles. The van der Waals surface area contributed by atoms with Crippen molar-refractivity contribution in [2.45, 2.75) is 45.4 Å². The molecule has 0 aliphatic carbocycles. The number of aryl methyl sites for hydroxylation is 2. The van der Waals surface area contributed by atoms with Gasteiger partial charge in [-0.2, -0.15) is 0 Å². The number of anilines is 1. The summed E-state index contributed by atoms with van der Waals surface area (Å²) < 4.78 is 5.27. The van der Waals surface area contributed by atoms with Gasteiger partial charge in [0.2, 0.25) is 16.9 Å². The predicted octanol–water partition coefficient (Wildman–Crippen LogP) is 3.94. The van der Waals surface area contributed by atoms with Crippen LogP contribution >= 0.6 is 11.3 Å². The van der Waals surface area contributed by atoms with E-state index in [-0.39, 0.29) is 18.2 Å². The Hall–Kier alpha value is -4.18. The van der Waals surface area contributed by atoms with E-state index in [2.05, 4.69) is 31.7 Å². The molecule has 1 aliphatic heterocycles. The van der Waals surface area contributed by atoms with Crippen molar-refractivity contribution in [2.24, 2.45) is 0 Å². The molecule has 10 heteroatoms. The van der Waals surface area contributed by atoms with Crippen LogP contribution in [0.5, 0.6) is 5.75 Å². The van der Waals surface area contributed by atoms with Gasteiger partial charge in [-0.3, -0.25) is 15.0 Å². The van der Waals surface area contributed by atoms with Gasteiger partial charge >= 0.3 is 0 Å². The molecule has 1 aliphatic rings. The zero-order chi connectivity index (χ0) is 26.7. The number of nitrogens with one attached hydrogen (secondary N) is 4. The Bertz CT molecular complexity index is 1320. The van der Waals surface area contributed by atoms with Crippen LogP contribution in [0.25, 0.3) is 0 Å². The summed E-state index contributed by atoms with van der Waals surface area (Å²) in [6, 6.07) is 15.4. The van der Waals surface area contributed by atoms with Crippen LogP contribution in [0.4, 0.5) is 5.13 Å². The van der Waals surface area contributed by atoms with Crippen molar-refractivity contribution >= 4 is 28.3 Å². The van der Waals surface area contributed by atoms with Gasteiger partial charge in [0.25, 0.3) is 0 Å². The topological polar surface area (TPSA) is 117 Å². The van der Waals surface area contributed by atoms with E-state index in [4.69, 9.17) is 4.74 Å². The van der Waals surface area contributed by atoms with Crippen LogP contribution < -0.4 is 26.2 Å². The molecule has 0 saturated carbocycles. The maximum absolute atomic E-state index is 12.4. The Balaban J connectivity index is 1.14. The number of hydrogen-bond acceptors (Lipinski definition) is 8. The number of carbonyl (C=O) groups is 2. The fraction of sp³-hybridized carbons (Fsp3) is 0.286. The summed E-state index contributed by atoms with van der Waals surface area (Å²) in [6.07, 6.45) is 7.98. The Morgan fingerprint density at radius 2 is 1.66 bits per heavy atom. The molecule has 0 atom stereocenters. The first kappa shape index (κ1) is 26.9. The first-order valence-electron chi connectivity index (χ1n) is 12.5. The molecule has 2 heterocycles. The smallest absolute Gasteiger partial charge is 0.230 e. The first-order valence-corrected chi connectivity index (χ1v) is 13.3. The standard InChI is InChI=1S/C28H32N6O3S/c1-19-16-21(12-14-23(19)37-2)18-26(36)30-28-34-33-27(38-28)11-7-6-10-22-13-15-24(32-31-22)29-25(35)17-20-8-4-3-5-9-20/h3-5,8-9,12-16,31-32H,6-7,10-11,17-18H2,1-2H3,(H,29,35)(H,30,34,36). The normalized spacial score (nSPS) is 12.5. The first-order chi connectivity index (χ1) is 18.5. The van der Waals surface area contributed by atoms with Crippen molar-refractivity contribution in [1.82, 2.24) is 26.4 Å². The molecule has 2 amide bonds. The molecule has 2 aromatic carbocycles. The quantitative estimate of drug-likeness (QED) is 0.261. The molecule has 4 N–H and O–H groups in total. The largest absolute Gasteiger partial charge is 0.496 e. The van der Waals surface area contributed by atoms with E-state index in [1.165, 1.54) is 11.3 Å². The SMILES string of the molecule is COc1ccc(CC(=O)Nc2nnc(CCCCC3=CC=C(NC(=O)Cc4ccccc4)NN3)s2)cc1C. The van der Waals surface area contributed by atoms with E-state index in [1.54, 1.807) is 7.11 Å². The lowest BCUT2D eigenvalue weighted by Crippen LogP contribution is -2.41. The minimum absolute atomic E-state index is 0.0722. The lowest BCUT2D eigenvalue weighted by Gasteiger charge is -2.20. The second kappa shape index (κ2) is 13.4. The van der Waals surface area contributed by atoms with E-state index in [0.717, 1.165) is 58.8 Å². The van der Waals surface area contributed by atoms with E-state index < -0.39 is 0 Å². The van der Waals surface area contributed by atoms with Crippen molar-refractivity contribution in [2.75, 3.05) is 12.4 Å². The molecule has 1 aromatic heterocycles. The van der Waals surface area contributed by atoms with Gasteiger partial charge in [0, 0.05) is 12.1 Å². The number of hydrazine groups is 1. The highest BCUT2D eigenvalue weighted by atomic mass is 32.1. The number of amides is 2. The molecular formula is C28H32N6O3S. The summed E-state index contributed by atoms with van der Waals surface area (Å²) in [5, 5.41) is 15.4. The van der Waals surface area contributed by atoms with Gasteiger partial charge in [0.1, 0.15) is 16.6 Å². The molecule has 0 radical (unpaired) electrons. The van der Waals surface area contributed by atoms with Crippen molar-refractivity contribution in [3.8, 4) is 5.75 Å². The monoisotopic (exact) mass is 532 g/mol. The summed E-state index contributed by atoms with van der Waals surface area (Å²) in [7, 11) is 1.63. The summed E-state index contributed by atoms with van der Waals surface area (Å²) in [4.78, 5) is 24.6. The molecular weight excluding hydrogens is 500 g/mol. The third-order valence-corrected chi connectivity index (χ3v) is 6.81. The number of hydrogen-bond donors (Lipinski definition) is 4. The van der Waals surface area contributed by atoms with Gasteiger partial charge in [-0.1, -0.05) is 53.8 Å². The van der Waals surface area contributed by atoms with E-state index in [1.807, 2.05) is 67.6 Å². The molecule has 3 aromatic rings. The average molecular weight is 533 g/mol. The number of nitrogens with zero attached hydrogens (tertiary/aromatic N) is 2. The number of allylic oxidation sites excluding steroid dienone is 3. The van der Waals surface area contributed by atoms with Gasteiger partial charge in [0.15, 0.2) is 0 Å². The number of unbranched alkanes of at least 4 members (excludes halogenated alkanes) is 1. The fourth-order valence-corrected chi connectivity index (χ4v) is 4.80. The Kier molecular flexibility index (Phi) is 9.47. The summed E-state index contributed by atoms with van der Waals surface area (Å²) in [5.74, 6) is 1.24. The number of rotatable bonds is 12. The average Bonchev–Trinajstić information content (AvgIpc) is 3.35. The van der Waals surface area contributed by atoms with E-state index in [9.17, 15) is 9.59 Å². The second-order valence-electron chi connectivity index (χ2n) is 8.97. The van der Waals surface area contributed by atoms with Crippen LogP contribution in [-0.2, 0) is 28.9 Å². The van der Waals surface area contributed by atoms with E-state index in [0.29, 0.717) is 17.4 Å². The van der Waals surface area contributed by atoms with E-state index >= 15 is 0 Å². The van der Waals surface area contributed by atoms with Gasteiger partial charge in [-0.15, -0.1) is 10.2 Å². The van der Waals surface area contributed by atoms with Crippen LogP contribution in [0.3, 0.4) is 0 Å². The third-order valence-electron chi connectivity index (χ3n) is 5.91. The molecule has 9 nitrogen and oxygen atoms in total. The minimum Gasteiger partial charge on any atom is -0.496 e. The van der Waals surface area contributed by atoms with Crippen molar-refractivity contribution < 1.29 is 14.3 Å². The van der Waals surface area contributed by atoms with Crippen LogP contribution in [0.15, 0.2) is 72.2 Å². The third kappa shape index (κ3) is 8.17. The Labute approximate surface area is 226 Å². The molecule has 0 spiro atoms. The van der Waals surface area contributed by atoms with Crippen LogP contribution in [-0.4, -0.2) is 29.1 Å². The summed E-state index contributed by atoms with van der Waals surface area (Å²) >= 11 is 1.41. The van der Waals surface area contributed by atoms with Crippen LogP contribution in [0.2, 0.25) is 0 Å². The number of ether oxygens (including phenoxy) is 1. The highest BCUT2D eigenvalue weighted by Crippen LogP contribution is 2.21. The van der Waals surface area contributed by atoms with Crippen molar-refractivity contribution in [3.63, 3.8) is 0 Å². The summed E-state index contributed by atoms with van der Waals surface area (Å²) in [6.45, 7) is 1.95. The highest BCUT2D eigenvalue weighted by molar-refractivity contribution is 7.15. The molecule has 0 bridgehead atoms. The zero-order valence-corrected chi connectivity index (χ0v) is 22.4. The van der Waals surface area contributed by atoms with Gasteiger partial charge in [-0.05, 0) is 61.1 Å². The van der Waals surface area contributed by atoms with Crippen LogP contribution in [0, 0.1) is 6.92 Å². The Morgan fingerprint density at radius 3 is 2.39 bits per heavy atom. The molecule has 0 unspecified atom stereocenters. The van der Waals surface area contributed by atoms with Gasteiger partial charge < -0.3 is 20.8 Å². The van der Waals surface area contributed by atoms with Crippen molar-refractivity contribution in [3.05, 3.63) is 93.9 Å². The van der Waals surface area contributed by atoms with Gasteiger partial charge in [0.05, 0.1) is 20.0 Å². The lowest BCUT2D eigenvalue weighted by atomic mass is 10.1. The van der Waals surface area contributed by atoms with Crippen LogP contribution in [0.1, 0.15) is 41.0 Å². The molecule has 38 heavy (non-hydrogen) atoms. The number of methoxy groups -OCH3 is 1. The number of aromatic nitrogens is 2. The number of carbonyl (C=O) groups excluding carboxylic acids is 2.